The molecule has 2 aromatic heterocycles. The average Bonchev–Trinajstić information content (AvgIpc) is 2.83. The van der Waals surface area contributed by atoms with Crippen LogP contribution in [0.3, 0.4) is 0 Å². The maximum Gasteiger partial charge on any atom is 0.148 e. The second-order valence-electron chi connectivity index (χ2n) is 4.12. The van der Waals surface area contributed by atoms with E-state index in [4.69, 9.17) is 0 Å². The maximum atomic E-state index is 4.59. The van der Waals surface area contributed by atoms with Crippen LogP contribution in [0.1, 0.15) is 19.7 Å². The lowest BCUT2D eigenvalue weighted by Crippen LogP contribution is -2.35. The highest BCUT2D eigenvalue weighted by atomic mass is 32.1. The van der Waals surface area contributed by atoms with Crippen molar-refractivity contribution < 1.29 is 0 Å². The van der Waals surface area contributed by atoms with Gasteiger partial charge in [0, 0.05) is 6.20 Å². The topological polar surface area (TPSA) is 37.8 Å². The zero-order valence-corrected chi connectivity index (χ0v) is 10.5. The summed E-state index contributed by atoms with van der Waals surface area (Å²) in [7, 11) is 1.92. The number of hydrogen-bond acceptors (Lipinski definition) is 4. The summed E-state index contributed by atoms with van der Waals surface area (Å²) in [5.41, 5.74) is 0.788. The third-order valence-corrected chi connectivity index (χ3v) is 3.51. The zero-order chi connectivity index (χ0) is 11.6. The van der Waals surface area contributed by atoms with Gasteiger partial charge in [0.05, 0.1) is 16.1 Å². The highest BCUT2D eigenvalue weighted by Gasteiger charge is 2.21. The highest BCUT2D eigenvalue weighted by Crippen LogP contribution is 2.24. The van der Waals surface area contributed by atoms with Crippen molar-refractivity contribution in [2.75, 3.05) is 7.05 Å². The van der Waals surface area contributed by atoms with E-state index >= 15 is 0 Å². The van der Waals surface area contributed by atoms with Gasteiger partial charge < -0.3 is 5.32 Å². The molecule has 0 fully saturated rings. The molecule has 16 heavy (non-hydrogen) atoms. The molecule has 0 aliphatic rings. The first kappa shape index (κ1) is 11.2. The molecule has 4 heteroatoms. The monoisotopic (exact) mass is 233 g/mol. The van der Waals surface area contributed by atoms with Crippen LogP contribution in [-0.2, 0) is 5.54 Å². The lowest BCUT2D eigenvalue weighted by Gasteiger charge is -2.22. The number of hydrogen-bond donors (Lipinski definition) is 1. The lowest BCUT2D eigenvalue weighted by molar-refractivity contribution is 0.417. The molecule has 0 aromatic carbocycles. The van der Waals surface area contributed by atoms with Crippen LogP contribution in [0.15, 0.2) is 29.8 Å². The van der Waals surface area contributed by atoms with Crippen molar-refractivity contribution in [1.29, 1.82) is 0 Å². The minimum atomic E-state index is -0.201. The van der Waals surface area contributed by atoms with Crippen molar-refractivity contribution in [2.24, 2.45) is 0 Å². The fraction of sp³-hybridized carbons (Fsp3) is 0.333. The van der Waals surface area contributed by atoms with E-state index in [0.717, 1.165) is 11.5 Å². The molecule has 0 aliphatic carbocycles. The van der Waals surface area contributed by atoms with Gasteiger partial charge in [0.2, 0.25) is 0 Å². The predicted octanol–water partition coefficient (Wildman–Crippen LogP) is 2.66. The maximum absolute atomic E-state index is 4.59. The Hall–Kier alpha value is -1.26. The standard InChI is InChI=1S/C12H15N3S/c1-12(2,13-3)11-14-7-6-9(15-11)10-5-4-8-16-10/h4-8,13H,1-3H3. The number of nitrogens with one attached hydrogen (secondary N) is 1. The molecule has 0 atom stereocenters. The number of thiophene rings is 1. The molecule has 3 nitrogen and oxygen atoms in total. The lowest BCUT2D eigenvalue weighted by atomic mass is 10.1. The summed E-state index contributed by atoms with van der Waals surface area (Å²) in [5.74, 6) is 0.820. The minimum Gasteiger partial charge on any atom is -0.308 e. The Labute approximate surface area is 99.6 Å². The molecule has 0 unspecified atom stereocenters. The van der Waals surface area contributed by atoms with Crippen LogP contribution < -0.4 is 5.32 Å². The molecule has 0 saturated heterocycles. The molecule has 0 aliphatic heterocycles. The first-order valence-corrected chi connectivity index (χ1v) is 6.08. The van der Waals surface area contributed by atoms with Crippen molar-refractivity contribution >= 4 is 11.3 Å². The summed E-state index contributed by atoms with van der Waals surface area (Å²) in [6.45, 7) is 4.14. The summed E-state index contributed by atoms with van der Waals surface area (Å²) in [6.07, 6.45) is 1.82. The number of rotatable bonds is 3. The molecule has 84 valence electrons. The van der Waals surface area contributed by atoms with E-state index in [1.165, 1.54) is 4.88 Å². The van der Waals surface area contributed by atoms with Crippen LogP contribution in [0.25, 0.3) is 10.6 Å². The predicted molar refractivity (Wildman–Crippen MR) is 67.4 cm³/mol. The van der Waals surface area contributed by atoms with Gasteiger partial charge in [0.15, 0.2) is 0 Å². The second-order valence-corrected chi connectivity index (χ2v) is 5.07. The second kappa shape index (κ2) is 4.31. The van der Waals surface area contributed by atoms with E-state index < -0.39 is 0 Å². The summed E-state index contributed by atoms with van der Waals surface area (Å²) in [6, 6.07) is 6.05. The van der Waals surface area contributed by atoms with E-state index in [0.29, 0.717) is 0 Å². The van der Waals surface area contributed by atoms with E-state index in [2.05, 4.69) is 40.6 Å². The van der Waals surface area contributed by atoms with Gasteiger partial charge >= 0.3 is 0 Å². The highest BCUT2D eigenvalue weighted by molar-refractivity contribution is 7.13. The average molecular weight is 233 g/mol. The third kappa shape index (κ3) is 2.13. The molecule has 0 amide bonds. The Bertz CT molecular complexity index is 463. The zero-order valence-electron chi connectivity index (χ0n) is 9.69. The molecular formula is C12H15N3S. The van der Waals surface area contributed by atoms with E-state index in [9.17, 15) is 0 Å². The Morgan fingerprint density at radius 2 is 2.12 bits per heavy atom. The third-order valence-electron chi connectivity index (χ3n) is 2.61. The smallest absolute Gasteiger partial charge is 0.148 e. The Morgan fingerprint density at radius 3 is 2.75 bits per heavy atom. The normalized spacial score (nSPS) is 11.7. The van der Waals surface area contributed by atoms with Gasteiger partial charge in [-0.15, -0.1) is 11.3 Å². The summed E-state index contributed by atoms with van der Waals surface area (Å²) in [5, 5.41) is 5.26. The summed E-state index contributed by atoms with van der Waals surface area (Å²) in [4.78, 5) is 10.1. The molecule has 0 radical (unpaired) electrons. The van der Waals surface area contributed by atoms with Gasteiger partial charge in [0.1, 0.15) is 5.82 Å². The fourth-order valence-corrected chi connectivity index (χ4v) is 2.03. The largest absolute Gasteiger partial charge is 0.308 e. The molecule has 1 N–H and O–H groups in total. The molecule has 0 bridgehead atoms. The van der Waals surface area contributed by atoms with Crippen molar-refractivity contribution in [2.45, 2.75) is 19.4 Å². The molecule has 2 rings (SSSR count). The molecule has 0 spiro atoms. The van der Waals surface area contributed by atoms with Crippen molar-refractivity contribution in [1.82, 2.24) is 15.3 Å². The van der Waals surface area contributed by atoms with E-state index in [1.54, 1.807) is 11.3 Å². The van der Waals surface area contributed by atoms with Crippen molar-refractivity contribution in [3.05, 3.63) is 35.6 Å². The van der Waals surface area contributed by atoms with Crippen LogP contribution >= 0.6 is 11.3 Å². The minimum absolute atomic E-state index is 0.201. The Kier molecular flexibility index (Phi) is 3.03. The van der Waals surface area contributed by atoms with Crippen LogP contribution in [0.4, 0.5) is 0 Å². The van der Waals surface area contributed by atoms with Crippen LogP contribution in [0.5, 0.6) is 0 Å². The van der Waals surface area contributed by atoms with Gasteiger partial charge in [-0.1, -0.05) is 6.07 Å². The molecule has 2 heterocycles. The quantitative estimate of drug-likeness (QED) is 0.885. The van der Waals surface area contributed by atoms with Gasteiger partial charge in [-0.2, -0.15) is 0 Å². The number of aromatic nitrogens is 2. The van der Waals surface area contributed by atoms with Gasteiger partial charge in [0.25, 0.3) is 0 Å². The Morgan fingerprint density at radius 1 is 1.31 bits per heavy atom. The SMILES string of the molecule is CNC(C)(C)c1nccc(-c2cccs2)n1. The first-order valence-electron chi connectivity index (χ1n) is 5.20. The van der Waals surface area contributed by atoms with Crippen LogP contribution in [0.2, 0.25) is 0 Å². The van der Waals surface area contributed by atoms with Crippen molar-refractivity contribution in [3.63, 3.8) is 0 Å². The van der Waals surface area contributed by atoms with Gasteiger partial charge in [-0.3, -0.25) is 0 Å². The van der Waals surface area contributed by atoms with E-state index in [-0.39, 0.29) is 5.54 Å². The van der Waals surface area contributed by atoms with Crippen LogP contribution in [-0.4, -0.2) is 17.0 Å². The summed E-state index contributed by atoms with van der Waals surface area (Å²) >= 11 is 1.69. The van der Waals surface area contributed by atoms with Gasteiger partial charge in [-0.05, 0) is 38.4 Å². The van der Waals surface area contributed by atoms with Crippen molar-refractivity contribution in [3.8, 4) is 10.6 Å². The molecule has 2 aromatic rings. The molecule has 0 saturated carbocycles. The van der Waals surface area contributed by atoms with Gasteiger partial charge in [-0.25, -0.2) is 9.97 Å². The summed E-state index contributed by atoms with van der Waals surface area (Å²) < 4.78 is 0. The first-order chi connectivity index (χ1) is 7.63. The fourth-order valence-electron chi connectivity index (χ4n) is 1.33. The Balaban J connectivity index is 2.41. The number of nitrogens with zero attached hydrogens (tertiary/aromatic N) is 2. The molecular weight excluding hydrogens is 218 g/mol. The van der Waals surface area contributed by atoms with Crippen LogP contribution in [0, 0.1) is 0 Å². The van der Waals surface area contributed by atoms with E-state index in [1.807, 2.05) is 25.4 Å².